The maximum absolute atomic E-state index is 5.08. The molecule has 0 saturated carbocycles. The fourth-order valence-electron chi connectivity index (χ4n) is 8.25. The van der Waals surface area contributed by atoms with Crippen LogP contribution < -0.4 is 0 Å². The van der Waals surface area contributed by atoms with E-state index in [1.807, 2.05) is 0 Å². The van der Waals surface area contributed by atoms with Gasteiger partial charge in [-0.15, -0.1) is 0 Å². The fourth-order valence-corrected chi connectivity index (χ4v) is 8.25. The molecule has 8 aromatic carbocycles. The number of para-hydroxylation sites is 2. The summed E-state index contributed by atoms with van der Waals surface area (Å²) in [5, 5.41) is 15.0. The van der Waals surface area contributed by atoms with Gasteiger partial charge in [0.15, 0.2) is 0 Å². The quantitative estimate of drug-likeness (QED) is 0.176. The highest BCUT2D eigenvalue weighted by Gasteiger charge is 2.23. The van der Waals surface area contributed by atoms with Crippen LogP contribution in [0.15, 0.2) is 164 Å². The van der Waals surface area contributed by atoms with Gasteiger partial charge in [0.05, 0.1) is 22.4 Å². The lowest BCUT2D eigenvalue weighted by Gasteiger charge is -2.18. The number of aromatic nitrogens is 3. The molecule has 3 nitrogen and oxygen atoms in total. The van der Waals surface area contributed by atoms with Crippen molar-refractivity contribution in [1.29, 1.82) is 0 Å². The van der Waals surface area contributed by atoms with Gasteiger partial charge >= 0.3 is 0 Å². The standard InChI is InChI=1S/C47H33N3/c1-30-45(31(2)50(48-30)36-19-7-4-8-20-36)47-39-23-13-11-21-37(39)46(38-22-12-14-24-40(38)47)34-25-26-43-41(28-34)42-27-32-15-9-10-16-33(32)29-44(42)49(43)35-17-5-3-6-18-35/h3-29H,1-2H3. The molecule has 10 aromatic rings. The molecule has 0 bridgehead atoms. The van der Waals surface area contributed by atoms with E-state index in [-0.39, 0.29) is 0 Å². The van der Waals surface area contributed by atoms with Gasteiger partial charge in [0.25, 0.3) is 0 Å². The molecule has 0 aliphatic heterocycles. The summed E-state index contributed by atoms with van der Waals surface area (Å²) >= 11 is 0. The predicted molar refractivity (Wildman–Crippen MR) is 211 cm³/mol. The first kappa shape index (κ1) is 28.6. The monoisotopic (exact) mass is 639 g/mol. The number of aryl methyl sites for hydroxylation is 1. The Morgan fingerprint density at radius 1 is 0.400 bits per heavy atom. The molecule has 0 saturated heterocycles. The molecule has 0 N–H and O–H groups in total. The zero-order chi connectivity index (χ0) is 33.3. The predicted octanol–water partition coefficient (Wildman–Crippen LogP) is 12.4. The molecular formula is C47H33N3. The van der Waals surface area contributed by atoms with E-state index < -0.39 is 0 Å². The summed E-state index contributed by atoms with van der Waals surface area (Å²) in [6.07, 6.45) is 0. The Morgan fingerprint density at radius 3 is 1.56 bits per heavy atom. The van der Waals surface area contributed by atoms with Crippen molar-refractivity contribution in [3.8, 4) is 33.6 Å². The van der Waals surface area contributed by atoms with E-state index in [1.54, 1.807) is 0 Å². The van der Waals surface area contributed by atoms with Crippen molar-refractivity contribution in [3.63, 3.8) is 0 Å². The third-order valence-electron chi connectivity index (χ3n) is 10.4. The van der Waals surface area contributed by atoms with Crippen molar-refractivity contribution in [2.45, 2.75) is 13.8 Å². The van der Waals surface area contributed by atoms with Crippen molar-refractivity contribution in [3.05, 3.63) is 175 Å². The van der Waals surface area contributed by atoms with Gasteiger partial charge in [0.2, 0.25) is 0 Å². The van der Waals surface area contributed by atoms with Crippen LogP contribution in [-0.2, 0) is 0 Å². The van der Waals surface area contributed by atoms with Gasteiger partial charge in [-0.1, -0.05) is 115 Å². The SMILES string of the molecule is Cc1nn(-c2ccccc2)c(C)c1-c1c2ccccc2c(-c2ccc3c(c2)c2cc4ccccc4cc2n3-c2ccccc2)c2ccccc12. The first-order chi connectivity index (χ1) is 24.7. The lowest BCUT2D eigenvalue weighted by Crippen LogP contribution is -1.98. The summed E-state index contributed by atoms with van der Waals surface area (Å²) in [6, 6.07) is 59.4. The van der Waals surface area contributed by atoms with Crippen LogP contribution in [0.3, 0.4) is 0 Å². The second-order valence-corrected chi connectivity index (χ2v) is 13.3. The van der Waals surface area contributed by atoms with Crippen LogP contribution in [0.2, 0.25) is 0 Å². The van der Waals surface area contributed by atoms with Crippen LogP contribution in [0.1, 0.15) is 11.4 Å². The molecule has 50 heavy (non-hydrogen) atoms. The van der Waals surface area contributed by atoms with Gasteiger partial charge in [0, 0.05) is 33.3 Å². The van der Waals surface area contributed by atoms with E-state index >= 15 is 0 Å². The Labute approximate surface area is 290 Å². The van der Waals surface area contributed by atoms with Crippen molar-refractivity contribution in [2.75, 3.05) is 0 Å². The third-order valence-corrected chi connectivity index (χ3v) is 10.4. The minimum absolute atomic E-state index is 1.02. The molecule has 3 heteroatoms. The zero-order valence-electron chi connectivity index (χ0n) is 27.9. The van der Waals surface area contributed by atoms with Crippen molar-refractivity contribution in [1.82, 2.24) is 14.3 Å². The largest absolute Gasteiger partial charge is 0.309 e. The van der Waals surface area contributed by atoms with E-state index in [2.05, 4.69) is 187 Å². The molecule has 2 heterocycles. The number of benzene rings is 8. The Balaban J connectivity index is 1.28. The van der Waals surface area contributed by atoms with Crippen LogP contribution in [0, 0.1) is 13.8 Å². The third kappa shape index (κ3) is 4.20. The van der Waals surface area contributed by atoms with Crippen molar-refractivity contribution >= 4 is 54.1 Å². The van der Waals surface area contributed by atoms with E-state index in [4.69, 9.17) is 5.10 Å². The molecule has 0 unspecified atom stereocenters. The Morgan fingerprint density at radius 2 is 0.920 bits per heavy atom. The number of rotatable bonds is 4. The summed E-state index contributed by atoms with van der Waals surface area (Å²) in [7, 11) is 0. The number of hydrogen-bond donors (Lipinski definition) is 0. The molecule has 0 spiro atoms. The molecule has 0 radical (unpaired) electrons. The van der Waals surface area contributed by atoms with Crippen LogP contribution in [0.5, 0.6) is 0 Å². The van der Waals surface area contributed by atoms with Gasteiger partial charge in [0.1, 0.15) is 0 Å². The van der Waals surface area contributed by atoms with Gasteiger partial charge in [-0.3, -0.25) is 0 Å². The summed E-state index contributed by atoms with van der Waals surface area (Å²) in [4.78, 5) is 0. The topological polar surface area (TPSA) is 22.8 Å². The van der Waals surface area contributed by atoms with Gasteiger partial charge < -0.3 is 4.57 Å². The van der Waals surface area contributed by atoms with Crippen molar-refractivity contribution in [2.24, 2.45) is 0 Å². The summed E-state index contributed by atoms with van der Waals surface area (Å²) in [5.41, 5.74) is 11.7. The minimum Gasteiger partial charge on any atom is -0.309 e. The van der Waals surface area contributed by atoms with E-state index in [0.29, 0.717) is 0 Å². The first-order valence-corrected chi connectivity index (χ1v) is 17.2. The molecule has 0 fully saturated rings. The highest BCUT2D eigenvalue weighted by atomic mass is 15.3. The number of nitrogens with zero attached hydrogens (tertiary/aromatic N) is 3. The van der Waals surface area contributed by atoms with Gasteiger partial charge in [-0.25, -0.2) is 4.68 Å². The van der Waals surface area contributed by atoms with Gasteiger partial charge in [-0.05, 0) is 106 Å². The second-order valence-electron chi connectivity index (χ2n) is 13.3. The maximum Gasteiger partial charge on any atom is 0.0679 e. The van der Waals surface area contributed by atoms with E-state index in [0.717, 1.165) is 22.8 Å². The molecule has 0 atom stereocenters. The number of hydrogen-bond acceptors (Lipinski definition) is 1. The highest BCUT2D eigenvalue weighted by molar-refractivity contribution is 6.23. The van der Waals surface area contributed by atoms with Gasteiger partial charge in [-0.2, -0.15) is 5.10 Å². The van der Waals surface area contributed by atoms with Crippen LogP contribution in [0.4, 0.5) is 0 Å². The molecule has 0 aliphatic rings. The molecule has 0 aliphatic carbocycles. The normalized spacial score (nSPS) is 11.8. The summed E-state index contributed by atoms with van der Waals surface area (Å²) in [5.74, 6) is 0. The van der Waals surface area contributed by atoms with Crippen LogP contribution >= 0.6 is 0 Å². The minimum atomic E-state index is 1.02. The lowest BCUT2D eigenvalue weighted by atomic mass is 9.85. The van der Waals surface area contributed by atoms with E-state index in [9.17, 15) is 0 Å². The molecule has 2 aromatic heterocycles. The first-order valence-electron chi connectivity index (χ1n) is 17.2. The highest BCUT2D eigenvalue weighted by Crippen LogP contribution is 2.46. The Kier molecular flexibility index (Phi) is 6.31. The molecule has 236 valence electrons. The fraction of sp³-hybridized carbons (Fsp3) is 0.0426. The van der Waals surface area contributed by atoms with E-state index in [1.165, 1.54) is 76.4 Å². The second kappa shape index (κ2) is 11.0. The molecule has 0 amide bonds. The maximum atomic E-state index is 5.08. The average Bonchev–Trinajstić information content (AvgIpc) is 3.65. The Hall–Kier alpha value is -6.45. The smallest absolute Gasteiger partial charge is 0.0679 e. The Bertz CT molecular complexity index is 2870. The zero-order valence-corrected chi connectivity index (χ0v) is 27.9. The summed E-state index contributed by atoms with van der Waals surface area (Å²) in [6.45, 7) is 4.33. The van der Waals surface area contributed by atoms with Crippen LogP contribution in [0.25, 0.3) is 87.8 Å². The molecule has 10 rings (SSSR count). The van der Waals surface area contributed by atoms with Crippen LogP contribution in [-0.4, -0.2) is 14.3 Å². The lowest BCUT2D eigenvalue weighted by molar-refractivity contribution is 0.834. The number of fused-ring (bicyclic) bond motifs is 6. The average molecular weight is 640 g/mol. The molecular weight excluding hydrogens is 607 g/mol. The van der Waals surface area contributed by atoms with Crippen molar-refractivity contribution < 1.29 is 0 Å². The summed E-state index contributed by atoms with van der Waals surface area (Å²) < 4.78 is 4.50.